The van der Waals surface area contributed by atoms with Gasteiger partial charge in [0.1, 0.15) is 17.5 Å². The highest BCUT2D eigenvalue weighted by Gasteiger charge is 2.12. The molecular weight excluding hydrogens is 363 g/mol. The molecule has 1 aromatic heterocycles. The maximum atomic E-state index is 6.22. The summed E-state index contributed by atoms with van der Waals surface area (Å²) >= 11 is 15.6. The third-order valence-electron chi connectivity index (χ3n) is 2.83. The predicted molar refractivity (Wildman–Crippen MR) is 88.0 cm³/mol. The van der Waals surface area contributed by atoms with E-state index in [1.807, 2.05) is 26.0 Å². The molecule has 0 amide bonds. The van der Waals surface area contributed by atoms with Crippen LogP contribution in [0.25, 0.3) is 0 Å². The van der Waals surface area contributed by atoms with Crippen LogP contribution in [-0.2, 0) is 6.42 Å². The lowest BCUT2D eigenvalue weighted by atomic mass is 10.2. The average Bonchev–Trinajstić information content (AvgIpc) is 2.44. The molecule has 2 rings (SSSR count). The van der Waals surface area contributed by atoms with E-state index in [2.05, 4.69) is 31.2 Å². The smallest absolute Gasteiger partial charge is 0.139 e. The Morgan fingerprint density at radius 3 is 2.60 bits per heavy atom. The van der Waals surface area contributed by atoms with Crippen molar-refractivity contribution in [3.05, 3.63) is 38.0 Å². The lowest BCUT2D eigenvalue weighted by molar-refractivity contribution is 0.940. The van der Waals surface area contributed by atoms with Gasteiger partial charge in [0.15, 0.2) is 0 Å². The molecule has 2 aromatic rings. The van der Waals surface area contributed by atoms with E-state index in [1.165, 1.54) is 0 Å². The Labute approximate surface area is 135 Å². The Hall–Kier alpha value is -1.04. The number of aromatic nitrogens is 2. The van der Waals surface area contributed by atoms with Crippen LogP contribution in [0.15, 0.2) is 16.6 Å². The van der Waals surface area contributed by atoms with Crippen molar-refractivity contribution >= 4 is 56.5 Å². The molecule has 0 radical (unpaired) electrons. The summed E-state index contributed by atoms with van der Waals surface area (Å²) in [6.45, 7) is 3.82. The highest BCUT2D eigenvalue weighted by Crippen LogP contribution is 2.37. The SMILES string of the molecule is CCc1nc(N)c(C)c(Nc2ccc(Br)c(Cl)c2Cl)n1. The van der Waals surface area contributed by atoms with Crippen LogP contribution >= 0.6 is 39.1 Å². The number of nitrogens with two attached hydrogens (primary N) is 1. The van der Waals surface area contributed by atoms with E-state index < -0.39 is 0 Å². The van der Waals surface area contributed by atoms with Gasteiger partial charge in [0.2, 0.25) is 0 Å². The second kappa shape index (κ2) is 6.16. The molecule has 0 fully saturated rings. The van der Waals surface area contributed by atoms with Crippen LogP contribution in [0.4, 0.5) is 17.3 Å². The fourth-order valence-corrected chi connectivity index (χ4v) is 2.43. The molecule has 7 heteroatoms. The van der Waals surface area contributed by atoms with E-state index in [-0.39, 0.29) is 0 Å². The summed E-state index contributed by atoms with van der Waals surface area (Å²) in [5.41, 5.74) is 7.33. The third kappa shape index (κ3) is 3.00. The molecule has 0 saturated carbocycles. The summed E-state index contributed by atoms with van der Waals surface area (Å²) in [6.07, 6.45) is 0.702. The zero-order chi connectivity index (χ0) is 14.9. The number of aryl methyl sites for hydroxylation is 1. The number of halogens is 3. The second-order valence-electron chi connectivity index (χ2n) is 4.20. The molecule has 3 N–H and O–H groups in total. The van der Waals surface area contributed by atoms with Crippen molar-refractivity contribution in [2.75, 3.05) is 11.1 Å². The fraction of sp³-hybridized carbons (Fsp3) is 0.231. The van der Waals surface area contributed by atoms with Crippen molar-refractivity contribution in [3.8, 4) is 0 Å². The average molecular weight is 376 g/mol. The van der Waals surface area contributed by atoms with Crippen molar-refractivity contribution in [3.63, 3.8) is 0 Å². The van der Waals surface area contributed by atoms with Gasteiger partial charge >= 0.3 is 0 Å². The lowest BCUT2D eigenvalue weighted by Gasteiger charge is -2.13. The molecule has 106 valence electrons. The number of benzene rings is 1. The van der Waals surface area contributed by atoms with E-state index in [9.17, 15) is 0 Å². The van der Waals surface area contributed by atoms with E-state index in [0.29, 0.717) is 39.6 Å². The molecule has 0 bridgehead atoms. The van der Waals surface area contributed by atoms with Gasteiger partial charge in [0.05, 0.1) is 15.7 Å². The number of nitrogen functional groups attached to an aromatic ring is 1. The number of rotatable bonds is 3. The van der Waals surface area contributed by atoms with Gasteiger partial charge in [-0.3, -0.25) is 0 Å². The van der Waals surface area contributed by atoms with E-state index in [4.69, 9.17) is 28.9 Å². The molecular formula is C13H13BrCl2N4. The van der Waals surface area contributed by atoms with Crippen molar-refractivity contribution < 1.29 is 0 Å². The van der Waals surface area contributed by atoms with Crippen LogP contribution < -0.4 is 11.1 Å². The van der Waals surface area contributed by atoms with Gasteiger partial charge in [-0.15, -0.1) is 0 Å². The maximum absolute atomic E-state index is 6.22. The molecule has 0 atom stereocenters. The summed E-state index contributed by atoms with van der Waals surface area (Å²) in [7, 11) is 0. The molecule has 20 heavy (non-hydrogen) atoms. The Morgan fingerprint density at radius 1 is 1.25 bits per heavy atom. The van der Waals surface area contributed by atoms with Gasteiger partial charge in [-0.2, -0.15) is 0 Å². The van der Waals surface area contributed by atoms with E-state index in [0.717, 1.165) is 10.0 Å². The molecule has 0 saturated heterocycles. The highest BCUT2D eigenvalue weighted by atomic mass is 79.9. The van der Waals surface area contributed by atoms with Gasteiger partial charge in [-0.1, -0.05) is 30.1 Å². The quantitative estimate of drug-likeness (QED) is 0.760. The minimum Gasteiger partial charge on any atom is -0.383 e. The number of nitrogens with zero attached hydrogens (tertiary/aromatic N) is 2. The molecule has 0 aliphatic heterocycles. The Kier molecular flexibility index (Phi) is 4.73. The van der Waals surface area contributed by atoms with Gasteiger partial charge in [-0.05, 0) is 35.0 Å². The van der Waals surface area contributed by atoms with Crippen molar-refractivity contribution in [2.45, 2.75) is 20.3 Å². The van der Waals surface area contributed by atoms with Gasteiger partial charge in [0, 0.05) is 16.5 Å². The molecule has 0 unspecified atom stereocenters. The summed E-state index contributed by atoms with van der Waals surface area (Å²) < 4.78 is 0.739. The minimum absolute atomic E-state index is 0.427. The second-order valence-corrected chi connectivity index (χ2v) is 5.81. The first-order valence-corrected chi connectivity index (χ1v) is 7.52. The lowest BCUT2D eigenvalue weighted by Crippen LogP contribution is -2.06. The van der Waals surface area contributed by atoms with Gasteiger partial charge in [-0.25, -0.2) is 9.97 Å². The van der Waals surface area contributed by atoms with Crippen LogP contribution in [0.1, 0.15) is 18.3 Å². The fourth-order valence-electron chi connectivity index (χ4n) is 1.61. The summed E-state index contributed by atoms with van der Waals surface area (Å²) in [6, 6.07) is 3.64. The topological polar surface area (TPSA) is 63.8 Å². The first-order chi connectivity index (χ1) is 9.43. The van der Waals surface area contributed by atoms with Crippen molar-refractivity contribution in [1.82, 2.24) is 9.97 Å². The number of nitrogens with one attached hydrogen (secondary N) is 1. The maximum Gasteiger partial charge on any atom is 0.139 e. The molecule has 0 aliphatic carbocycles. The number of hydrogen-bond acceptors (Lipinski definition) is 4. The summed E-state index contributed by atoms with van der Waals surface area (Å²) in [4.78, 5) is 8.63. The standard InChI is InChI=1S/C13H13BrCl2N4/c1-3-9-19-12(17)6(2)13(20-9)18-8-5-4-7(14)10(15)11(8)16/h4-5H,3H2,1-2H3,(H3,17,18,19,20). The first-order valence-electron chi connectivity index (χ1n) is 5.97. The van der Waals surface area contributed by atoms with Crippen molar-refractivity contribution in [1.29, 1.82) is 0 Å². The molecule has 1 heterocycles. The Balaban J connectivity index is 2.45. The van der Waals surface area contributed by atoms with Gasteiger partial charge in [0.25, 0.3) is 0 Å². The highest BCUT2D eigenvalue weighted by molar-refractivity contribution is 9.10. The first kappa shape index (κ1) is 15.4. The zero-order valence-corrected chi connectivity index (χ0v) is 14.1. The number of hydrogen-bond donors (Lipinski definition) is 2. The monoisotopic (exact) mass is 374 g/mol. The van der Waals surface area contributed by atoms with E-state index >= 15 is 0 Å². The Bertz CT molecular complexity index is 661. The summed E-state index contributed by atoms with van der Waals surface area (Å²) in [5.74, 6) is 1.77. The molecule has 0 aliphatic rings. The van der Waals surface area contributed by atoms with Gasteiger partial charge < -0.3 is 11.1 Å². The van der Waals surface area contributed by atoms with Crippen molar-refractivity contribution in [2.24, 2.45) is 0 Å². The molecule has 4 nitrogen and oxygen atoms in total. The normalized spacial score (nSPS) is 10.7. The Morgan fingerprint density at radius 2 is 1.95 bits per heavy atom. The van der Waals surface area contributed by atoms with Crippen LogP contribution in [0, 0.1) is 6.92 Å². The van der Waals surface area contributed by atoms with Crippen LogP contribution in [-0.4, -0.2) is 9.97 Å². The van der Waals surface area contributed by atoms with Crippen LogP contribution in [0.5, 0.6) is 0 Å². The van der Waals surface area contributed by atoms with Crippen LogP contribution in [0.2, 0.25) is 10.0 Å². The third-order valence-corrected chi connectivity index (χ3v) is 4.61. The zero-order valence-electron chi connectivity index (χ0n) is 11.0. The molecule has 1 aromatic carbocycles. The number of anilines is 3. The minimum atomic E-state index is 0.427. The van der Waals surface area contributed by atoms with Crippen LogP contribution in [0.3, 0.4) is 0 Å². The summed E-state index contributed by atoms with van der Waals surface area (Å²) in [5, 5.41) is 4.03. The largest absolute Gasteiger partial charge is 0.383 e. The molecule has 0 spiro atoms. The van der Waals surface area contributed by atoms with E-state index in [1.54, 1.807) is 0 Å². The predicted octanol–water partition coefficient (Wildman–Crippen LogP) is 4.74.